The summed E-state index contributed by atoms with van der Waals surface area (Å²) < 4.78 is 13.7. The average molecular weight is 527 g/mol. The van der Waals surface area contributed by atoms with E-state index in [1.807, 2.05) is 39.1 Å². The van der Waals surface area contributed by atoms with Crippen LogP contribution in [0.15, 0.2) is 54.7 Å². The fraction of sp³-hybridized carbons (Fsp3) is 0.355. The highest BCUT2D eigenvalue weighted by Gasteiger charge is 2.34. The Balaban J connectivity index is 1.33. The number of hydrogen-bond acceptors (Lipinski definition) is 6. The molecule has 8 heteroatoms. The topological polar surface area (TPSA) is 86.6 Å². The molecule has 2 aromatic heterocycles. The number of amides is 2. The van der Waals surface area contributed by atoms with Crippen molar-refractivity contribution in [1.82, 2.24) is 19.4 Å². The lowest BCUT2D eigenvalue weighted by molar-refractivity contribution is 0.0656. The fourth-order valence-corrected chi connectivity index (χ4v) is 4.93. The normalized spacial score (nSPS) is 13.6. The smallest absolute Gasteiger partial charge is 0.261 e. The van der Waals surface area contributed by atoms with Crippen LogP contribution in [0.5, 0.6) is 0 Å². The highest BCUT2D eigenvalue weighted by atomic mass is 16.5. The number of aromatic nitrogens is 3. The van der Waals surface area contributed by atoms with Crippen LogP contribution in [0.25, 0.3) is 28.0 Å². The minimum atomic E-state index is -0.223. The molecule has 8 nitrogen and oxygen atoms in total. The largest absolute Gasteiger partial charge is 0.379 e. The van der Waals surface area contributed by atoms with Gasteiger partial charge in [-0.3, -0.25) is 19.5 Å². The first-order valence-electron chi connectivity index (χ1n) is 13.6. The molecule has 39 heavy (non-hydrogen) atoms. The molecule has 0 N–H and O–H groups in total. The zero-order valence-electron chi connectivity index (χ0n) is 22.7. The van der Waals surface area contributed by atoms with Crippen molar-refractivity contribution in [2.75, 3.05) is 19.8 Å². The lowest BCUT2D eigenvalue weighted by atomic mass is 10.1. The third-order valence-electron chi connectivity index (χ3n) is 6.80. The van der Waals surface area contributed by atoms with Crippen LogP contribution >= 0.6 is 0 Å². The zero-order valence-corrected chi connectivity index (χ0v) is 22.7. The number of ether oxygens (including phenoxy) is 2. The summed E-state index contributed by atoms with van der Waals surface area (Å²) in [6, 6.07) is 13.2. The van der Waals surface area contributed by atoms with Crippen molar-refractivity contribution in [3.8, 4) is 0 Å². The van der Waals surface area contributed by atoms with Gasteiger partial charge in [-0.25, -0.2) is 4.98 Å². The van der Waals surface area contributed by atoms with Crippen molar-refractivity contribution in [1.29, 1.82) is 0 Å². The first-order chi connectivity index (χ1) is 19.0. The van der Waals surface area contributed by atoms with Crippen LogP contribution in [0.1, 0.15) is 65.7 Å². The molecule has 0 unspecified atom stereocenters. The van der Waals surface area contributed by atoms with Crippen LogP contribution in [-0.4, -0.2) is 57.1 Å². The molecule has 0 spiro atoms. The van der Waals surface area contributed by atoms with E-state index in [9.17, 15) is 9.59 Å². The molecule has 0 radical (unpaired) electrons. The van der Waals surface area contributed by atoms with Gasteiger partial charge < -0.3 is 14.0 Å². The first-order valence-corrected chi connectivity index (χ1v) is 13.6. The average Bonchev–Trinajstić information content (AvgIpc) is 3.42. The molecular weight excluding hydrogens is 492 g/mol. The molecule has 0 saturated heterocycles. The van der Waals surface area contributed by atoms with Gasteiger partial charge in [0.05, 0.1) is 34.5 Å². The Labute approximate surface area is 228 Å². The number of rotatable bonds is 12. The Morgan fingerprint density at radius 2 is 1.77 bits per heavy atom. The van der Waals surface area contributed by atoms with Crippen molar-refractivity contribution in [3.05, 3.63) is 77.3 Å². The van der Waals surface area contributed by atoms with E-state index in [-0.39, 0.29) is 17.9 Å². The maximum absolute atomic E-state index is 12.6. The summed E-state index contributed by atoms with van der Waals surface area (Å²) in [5, 5.41) is 1.04. The van der Waals surface area contributed by atoms with E-state index in [0.717, 1.165) is 46.3 Å². The van der Waals surface area contributed by atoms with Crippen LogP contribution in [0, 0.1) is 0 Å². The van der Waals surface area contributed by atoms with Gasteiger partial charge in [-0.2, -0.15) is 0 Å². The summed E-state index contributed by atoms with van der Waals surface area (Å²) in [5.41, 5.74) is 4.76. The van der Waals surface area contributed by atoms with Gasteiger partial charge in [-0.05, 0) is 57.4 Å². The molecule has 1 aliphatic rings. The Kier molecular flexibility index (Phi) is 8.14. The predicted molar refractivity (Wildman–Crippen MR) is 152 cm³/mol. The van der Waals surface area contributed by atoms with Crippen molar-refractivity contribution < 1.29 is 19.1 Å². The molecule has 0 bridgehead atoms. The number of benzene rings is 2. The molecule has 2 amide bonds. The Bertz CT molecular complexity index is 1500. The highest BCUT2D eigenvalue weighted by Crippen LogP contribution is 2.27. The minimum Gasteiger partial charge on any atom is -0.379 e. The number of hydrogen-bond donors (Lipinski definition) is 0. The summed E-state index contributed by atoms with van der Waals surface area (Å²) in [6.45, 7) is 8.96. The van der Waals surface area contributed by atoms with Gasteiger partial charge in [0.15, 0.2) is 0 Å². The third-order valence-corrected chi connectivity index (χ3v) is 6.80. The van der Waals surface area contributed by atoms with Crippen LogP contribution in [0.4, 0.5) is 0 Å². The Morgan fingerprint density at radius 1 is 1.00 bits per heavy atom. The second-order valence-corrected chi connectivity index (χ2v) is 9.86. The van der Waals surface area contributed by atoms with E-state index in [1.165, 1.54) is 4.90 Å². The van der Waals surface area contributed by atoms with E-state index in [2.05, 4.69) is 27.8 Å². The number of pyridine rings is 1. The number of nitrogens with zero attached hydrogens (tertiary/aromatic N) is 4. The van der Waals surface area contributed by atoms with E-state index in [4.69, 9.17) is 14.5 Å². The molecule has 0 aliphatic carbocycles. The van der Waals surface area contributed by atoms with Crippen molar-refractivity contribution in [3.63, 3.8) is 0 Å². The molecule has 3 heterocycles. The summed E-state index contributed by atoms with van der Waals surface area (Å²) >= 11 is 0. The molecule has 2 aromatic carbocycles. The van der Waals surface area contributed by atoms with Crippen LogP contribution in [0.3, 0.4) is 0 Å². The number of fused-ring (bicyclic) bond motifs is 4. The standard InChI is InChI=1S/C31H34N4O4/c1-4-38-20-28-33-27-19-32-26-18-22(13-14-25(26)29(27)34(28)16-9-17-39-21(2)3)10-7-8-15-35-30(36)23-11-5-6-12-24(23)31(35)37/h5-7,10-14,18-19,21H,4,8-9,15-17,20H2,1-3H3/b10-7+. The first kappa shape index (κ1) is 26.7. The lowest BCUT2D eigenvalue weighted by Gasteiger charge is -2.12. The van der Waals surface area contributed by atoms with Gasteiger partial charge in [0.2, 0.25) is 0 Å². The van der Waals surface area contributed by atoms with E-state index in [0.29, 0.717) is 43.9 Å². The molecular formula is C31H34N4O4. The second kappa shape index (κ2) is 11.9. The summed E-state index contributed by atoms with van der Waals surface area (Å²) in [6.07, 6.45) is 7.47. The fourth-order valence-electron chi connectivity index (χ4n) is 4.93. The monoisotopic (exact) mass is 526 g/mol. The number of imide groups is 1. The van der Waals surface area contributed by atoms with E-state index in [1.54, 1.807) is 24.3 Å². The quantitative estimate of drug-likeness (QED) is 0.176. The lowest BCUT2D eigenvalue weighted by Crippen LogP contribution is -2.30. The SMILES string of the molecule is CCOCc1nc2cnc3cc(/C=C/CCN4C(=O)c5ccccc5C4=O)ccc3c2n1CCCOC(C)C. The van der Waals surface area contributed by atoms with Gasteiger partial charge in [0, 0.05) is 31.7 Å². The van der Waals surface area contributed by atoms with Gasteiger partial charge >= 0.3 is 0 Å². The van der Waals surface area contributed by atoms with Crippen LogP contribution in [0.2, 0.25) is 0 Å². The number of imidazole rings is 1. The molecule has 1 aliphatic heterocycles. The summed E-state index contributed by atoms with van der Waals surface area (Å²) in [7, 11) is 0. The molecule has 202 valence electrons. The molecule has 0 saturated carbocycles. The van der Waals surface area contributed by atoms with Gasteiger partial charge in [-0.15, -0.1) is 0 Å². The second-order valence-electron chi connectivity index (χ2n) is 9.86. The zero-order chi connectivity index (χ0) is 27.4. The van der Waals surface area contributed by atoms with E-state index >= 15 is 0 Å². The summed E-state index contributed by atoms with van der Waals surface area (Å²) in [5.74, 6) is 0.445. The Hall–Kier alpha value is -3.88. The third kappa shape index (κ3) is 5.62. The van der Waals surface area contributed by atoms with Crippen LogP contribution in [-0.2, 0) is 22.6 Å². The maximum atomic E-state index is 12.6. The predicted octanol–water partition coefficient (Wildman–Crippen LogP) is 5.64. The Morgan fingerprint density at radius 3 is 2.49 bits per heavy atom. The van der Waals surface area contributed by atoms with Gasteiger partial charge in [0.25, 0.3) is 11.8 Å². The van der Waals surface area contributed by atoms with Crippen LogP contribution < -0.4 is 0 Å². The van der Waals surface area contributed by atoms with Gasteiger partial charge in [-0.1, -0.05) is 36.4 Å². The molecule has 0 fully saturated rings. The van der Waals surface area contributed by atoms with Crippen molar-refractivity contribution >= 4 is 39.8 Å². The van der Waals surface area contributed by atoms with Crippen molar-refractivity contribution in [2.24, 2.45) is 0 Å². The number of aryl methyl sites for hydroxylation is 1. The number of carbonyl (C=O) groups is 2. The maximum Gasteiger partial charge on any atom is 0.261 e. The van der Waals surface area contributed by atoms with Gasteiger partial charge in [0.1, 0.15) is 17.9 Å². The van der Waals surface area contributed by atoms with E-state index < -0.39 is 0 Å². The minimum absolute atomic E-state index is 0.205. The summed E-state index contributed by atoms with van der Waals surface area (Å²) in [4.78, 5) is 36.0. The molecule has 5 rings (SSSR count). The molecule has 4 aromatic rings. The number of carbonyl (C=O) groups excluding carboxylic acids is 2. The molecule has 0 atom stereocenters. The van der Waals surface area contributed by atoms with Crippen molar-refractivity contribution in [2.45, 2.75) is 52.9 Å². The highest BCUT2D eigenvalue weighted by molar-refractivity contribution is 6.21.